The van der Waals surface area contributed by atoms with Crippen LogP contribution in [0.3, 0.4) is 0 Å². The van der Waals surface area contributed by atoms with Crippen LogP contribution < -0.4 is 14.4 Å². The lowest BCUT2D eigenvalue weighted by molar-refractivity contribution is -0.137. The summed E-state index contributed by atoms with van der Waals surface area (Å²) in [6.07, 6.45) is -4.60. The van der Waals surface area contributed by atoms with Crippen molar-refractivity contribution in [2.24, 2.45) is 0 Å². The average molecular weight is 445 g/mol. The molecular weight excluding hydrogens is 426 g/mol. The van der Waals surface area contributed by atoms with E-state index < -0.39 is 29.5 Å². The zero-order chi connectivity index (χ0) is 23.0. The molecule has 166 valence electrons. The van der Waals surface area contributed by atoms with Gasteiger partial charge in [-0.05, 0) is 59.2 Å². The van der Waals surface area contributed by atoms with Gasteiger partial charge in [-0.15, -0.1) is 0 Å². The number of carbonyl (C=O) groups is 1. The molecule has 0 unspecified atom stereocenters. The first-order chi connectivity index (χ1) is 15.2. The van der Waals surface area contributed by atoms with Gasteiger partial charge in [-0.25, -0.2) is 4.39 Å². The van der Waals surface area contributed by atoms with Crippen LogP contribution in [0, 0.1) is 5.82 Å². The molecule has 0 N–H and O–H groups in total. The molecule has 1 atom stereocenters. The van der Waals surface area contributed by atoms with Crippen LogP contribution in [-0.4, -0.2) is 20.1 Å². The standard InChI is InChI=1S/C24H19F4NO3/c1-31-20-10-15-11-22(30)29(18-5-3-4-16(12-18)24(26,27)28)23(19(15)13-21(20)32-2)14-6-8-17(25)9-7-14/h3-10,12-13,23H,11H2,1-2H3/t23-/m1/s1. The van der Waals surface area contributed by atoms with E-state index >= 15 is 0 Å². The molecule has 1 heterocycles. The van der Waals surface area contributed by atoms with Gasteiger partial charge in [0.05, 0.1) is 32.2 Å². The first-order valence-electron chi connectivity index (χ1n) is 9.72. The Bertz CT molecular complexity index is 1160. The highest BCUT2D eigenvalue weighted by Crippen LogP contribution is 2.44. The maximum Gasteiger partial charge on any atom is 0.416 e. The normalized spacial score (nSPS) is 16.0. The summed E-state index contributed by atoms with van der Waals surface area (Å²) < 4.78 is 64.4. The highest BCUT2D eigenvalue weighted by atomic mass is 19.4. The van der Waals surface area contributed by atoms with Crippen molar-refractivity contribution < 1.29 is 31.8 Å². The van der Waals surface area contributed by atoms with Gasteiger partial charge < -0.3 is 14.4 Å². The fourth-order valence-electron chi connectivity index (χ4n) is 3.97. The Morgan fingerprint density at radius 2 is 1.59 bits per heavy atom. The van der Waals surface area contributed by atoms with Crippen molar-refractivity contribution in [3.8, 4) is 11.5 Å². The Balaban J connectivity index is 1.94. The fraction of sp³-hybridized carbons (Fsp3) is 0.208. The third-order valence-electron chi connectivity index (χ3n) is 5.45. The minimum absolute atomic E-state index is 0.0381. The maximum absolute atomic E-state index is 13.6. The van der Waals surface area contributed by atoms with Crippen molar-refractivity contribution >= 4 is 11.6 Å². The van der Waals surface area contributed by atoms with Crippen molar-refractivity contribution in [3.63, 3.8) is 0 Å². The number of methoxy groups -OCH3 is 2. The van der Waals surface area contributed by atoms with Crippen LogP contribution in [0.5, 0.6) is 11.5 Å². The summed E-state index contributed by atoms with van der Waals surface area (Å²) in [5, 5.41) is 0. The van der Waals surface area contributed by atoms with Crippen LogP contribution in [0.15, 0.2) is 60.7 Å². The zero-order valence-electron chi connectivity index (χ0n) is 17.2. The summed E-state index contributed by atoms with van der Waals surface area (Å²) in [4.78, 5) is 14.5. The first-order valence-corrected chi connectivity index (χ1v) is 9.72. The lowest BCUT2D eigenvalue weighted by Crippen LogP contribution is -2.41. The van der Waals surface area contributed by atoms with E-state index in [0.29, 0.717) is 28.2 Å². The third kappa shape index (κ3) is 3.88. The van der Waals surface area contributed by atoms with Crippen LogP contribution in [0.2, 0.25) is 0 Å². The van der Waals surface area contributed by atoms with Crippen molar-refractivity contribution in [1.82, 2.24) is 0 Å². The van der Waals surface area contributed by atoms with Gasteiger partial charge in [0.1, 0.15) is 5.82 Å². The predicted molar refractivity (Wildman–Crippen MR) is 110 cm³/mol. The van der Waals surface area contributed by atoms with E-state index in [9.17, 15) is 22.4 Å². The van der Waals surface area contributed by atoms with Gasteiger partial charge in [0, 0.05) is 5.69 Å². The van der Waals surface area contributed by atoms with Gasteiger partial charge in [0.2, 0.25) is 5.91 Å². The molecule has 0 spiro atoms. The summed E-state index contributed by atoms with van der Waals surface area (Å²) in [5.74, 6) is -0.00598. The number of hydrogen-bond acceptors (Lipinski definition) is 3. The van der Waals surface area contributed by atoms with Gasteiger partial charge in [-0.3, -0.25) is 4.79 Å². The van der Waals surface area contributed by atoms with E-state index in [1.807, 2.05) is 0 Å². The number of fused-ring (bicyclic) bond motifs is 1. The Morgan fingerprint density at radius 1 is 0.938 bits per heavy atom. The predicted octanol–water partition coefficient (Wildman–Crippen LogP) is 5.54. The number of alkyl halides is 3. The summed E-state index contributed by atoms with van der Waals surface area (Å²) in [7, 11) is 2.94. The Hall–Kier alpha value is -3.55. The first kappa shape index (κ1) is 21.7. The number of halogens is 4. The number of ether oxygens (including phenoxy) is 2. The average Bonchev–Trinajstić information content (AvgIpc) is 2.77. The molecule has 1 aliphatic heterocycles. The van der Waals surface area contributed by atoms with Crippen molar-refractivity contribution in [1.29, 1.82) is 0 Å². The van der Waals surface area contributed by atoms with Gasteiger partial charge in [0.15, 0.2) is 11.5 Å². The summed E-state index contributed by atoms with van der Waals surface area (Å²) in [6.45, 7) is 0. The van der Waals surface area contributed by atoms with Crippen molar-refractivity contribution in [3.05, 3.63) is 88.7 Å². The molecule has 1 aliphatic rings. The molecule has 4 nitrogen and oxygen atoms in total. The van der Waals surface area contributed by atoms with E-state index in [2.05, 4.69) is 0 Å². The molecule has 3 aromatic carbocycles. The minimum atomic E-state index is -4.56. The smallest absolute Gasteiger partial charge is 0.416 e. The summed E-state index contributed by atoms with van der Waals surface area (Å²) >= 11 is 0. The molecule has 0 aromatic heterocycles. The molecule has 0 radical (unpaired) electrons. The monoisotopic (exact) mass is 445 g/mol. The second-order valence-electron chi connectivity index (χ2n) is 7.35. The van der Waals surface area contributed by atoms with Gasteiger partial charge >= 0.3 is 6.18 Å². The van der Waals surface area contributed by atoms with Crippen LogP contribution in [0.4, 0.5) is 23.2 Å². The fourth-order valence-corrected chi connectivity index (χ4v) is 3.97. The van der Waals surface area contributed by atoms with E-state index in [1.165, 1.54) is 55.5 Å². The molecule has 1 amide bonds. The quantitative estimate of drug-likeness (QED) is 0.495. The highest BCUT2D eigenvalue weighted by molar-refractivity contribution is 5.98. The lowest BCUT2D eigenvalue weighted by atomic mass is 9.86. The highest BCUT2D eigenvalue weighted by Gasteiger charge is 2.37. The molecule has 0 bridgehead atoms. The lowest BCUT2D eigenvalue weighted by Gasteiger charge is -2.38. The van der Waals surface area contributed by atoms with Gasteiger partial charge in [-0.2, -0.15) is 13.2 Å². The number of anilines is 1. The number of rotatable bonds is 4. The molecule has 0 aliphatic carbocycles. The molecule has 32 heavy (non-hydrogen) atoms. The van der Waals surface area contributed by atoms with Gasteiger partial charge in [0.25, 0.3) is 0 Å². The number of benzene rings is 3. The van der Waals surface area contributed by atoms with Crippen LogP contribution >= 0.6 is 0 Å². The second-order valence-corrected chi connectivity index (χ2v) is 7.35. The van der Waals surface area contributed by atoms with Crippen LogP contribution in [0.25, 0.3) is 0 Å². The van der Waals surface area contributed by atoms with E-state index in [1.54, 1.807) is 12.1 Å². The van der Waals surface area contributed by atoms with Crippen molar-refractivity contribution in [2.45, 2.75) is 18.6 Å². The van der Waals surface area contributed by atoms with Crippen LogP contribution in [-0.2, 0) is 17.4 Å². The molecule has 0 saturated carbocycles. The molecule has 0 saturated heterocycles. The Morgan fingerprint density at radius 3 is 2.22 bits per heavy atom. The molecule has 8 heteroatoms. The third-order valence-corrected chi connectivity index (χ3v) is 5.45. The largest absolute Gasteiger partial charge is 0.493 e. The Labute approximate surface area is 182 Å². The van der Waals surface area contributed by atoms with Gasteiger partial charge in [-0.1, -0.05) is 18.2 Å². The second kappa shape index (κ2) is 8.18. The number of carbonyl (C=O) groups excluding carboxylic acids is 1. The summed E-state index contributed by atoms with van der Waals surface area (Å²) in [6, 6.07) is 12.7. The minimum Gasteiger partial charge on any atom is -0.493 e. The molecule has 3 aromatic rings. The number of amides is 1. The van der Waals surface area contributed by atoms with Crippen molar-refractivity contribution in [2.75, 3.05) is 19.1 Å². The van der Waals surface area contributed by atoms with E-state index in [0.717, 1.165) is 12.1 Å². The van der Waals surface area contributed by atoms with E-state index in [-0.39, 0.29) is 12.1 Å². The maximum atomic E-state index is 13.6. The van der Waals surface area contributed by atoms with E-state index in [4.69, 9.17) is 9.47 Å². The van der Waals surface area contributed by atoms with Crippen LogP contribution in [0.1, 0.15) is 28.3 Å². The summed E-state index contributed by atoms with van der Waals surface area (Å²) in [5.41, 5.74) is 1.10. The number of nitrogens with zero attached hydrogens (tertiary/aromatic N) is 1. The number of hydrogen-bond donors (Lipinski definition) is 0. The SMILES string of the molecule is COc1cc2c(cc1OC)[C@@H](c1ccc(F)cc1)N(c1cccc(C(F)(F)F)c1)C(=O)C2. The molecule has 0 fully saturated rings. The molecule has 4 rings (SSSR count). The molecular formula is C24H19F4NO3. The zero-order valence-corrected chi connectivity index (χ0v) is 17.2. The Kier molecular flexibility index (Phi) is 5.54. The topological polar surface area (TPSA) is 38.8 Å².